The molecule has 1 aliphatic heterocycles. The van der Waals surface area contributed by atoms with E-state index < -0.39 is 6.10 Å². The molecule has 1 heterocycles. The summed E-state index contributed by atoms with van der Waals surface area (Å²) in [5.41, 5.74) is 0.462. The normalized spacial score (nSPS) is 21.4. The predicted molar refractivity (Wildman–Crippen MR) is 80.2 cm³/mol. The first-order valence-electron chi connectivity index (χ1n) is 6.07. The van der Waals surface area contributed by atoms with Gasteiger partial charge < -0.3 is 15.3 Å². The average Bonchev–Trinajstić information content (AvgIpc) is 2.79. The number of rotatable bonds is 3. The minimum atomic E-state index is -0.482. The molecule has 0 aromatic heterocycles. The molecule has 0 spiro atoms. The molecule has 1 aliphatic rings. The van der Waals surface area contributed by atoms with Gasteiger partial charge in [0.25, 0.3) is 0 Å². The molecule has 7 heteroatoms. The SMILES string of the molecule is CN(Cc1cc(Br)ccc1F)C(=O)C1CC(O)CN1.Cl. The van der Waals surface area contributed by atoms with Crippen LogP contribution in [0, 0.1) is 5.82 Å². The summed E-state index contributed by atoms with van der Waals surface area (Å²) >= 11 is 3.28. The Labute approximate surface area is 131 Å². The second-order valence-corrected chi connectivity index (χ2v) is 5.70. The van der Waals surface area contributed by atoms with Crippen molar-refractivity contribution in [2.24, 2.45) is 0 Å². The second kappa shape index (κ2) is 7.36. The fourth-order valence-corrected chi connectivity index (χ4v) is 2.58. The molecule has 0 bridgehead atoms. The van der Waals surface area contributed by atoms with E-state index in [1.165, 1.54) is 11.0 Å². The number of hydrogen-bond acceptors (Lipinski definition) is 3. The highest BCUT2D eigenvalue weighted by atomic mass is 79.9. The summed E-state index contributed by atoms with van der Waals surface area (Å²) in [5.74, 6) is -0.460. The standard InChI is InChI=1S/C13H16BrFN2O2.ClH/c1-17(13(19)12-5-10(18)6-16-12)7-8-4-9(14)2-3-11(8)15;/h2-4,10,12,16,18H,5-7H2,1H3;1H. The van der Waals surface area contributed by atoms with Crippen molar-refractivity contribution >= 4 is 34.2 Å². The molecule has 4 nitrogen and oxygen atoms in total. The highest BCUT2D eigenvalue weighted by molar-refractivity contribution is 9.10. The van der Waals surface area contributed by atoms with E-state index in [9.17, 15) is 14.3 Å². The molecule has 0 radical (unpaired) electrons. The second-order valence-electron chi connectivity index (χ2n) is 4.78. The van der Waals surface area contributed by atoms with E-state index in [0.29, 0.717) is 18.5 Å². The number of carbonyl (C=O) groups excluding carboxylic acids is 1. The van der Waals surface area contributed by atoms with Gasteiger partial charge in [-0.1, -0.05) is 15.9 Å². The third-order valence-electron chi connectivity index (χ3n) is 3.20. The molecule has 2 N–H and O–H groups in total. The molecule has 20 heavy (non-hydrogen) atoms. The van der Waals surface area contributed by atoms with Gasteiger partial charge in [-0.15, -0.1) is 12.4 Å². The van der Waals surface area contributed by atoms with Crippen LogP contribution in [0.4, 0.5) is 4.39 Å². The minimum Gasteiger partial charge on any atom is -0.392 e. The Morgan fingerprint density at radius 2 is 2.30 bits per heavy atom. The van der Waals surface area contributed by atoms with Gasteiger partial charge >= 0.3 is 0 Å². The molecular weight excluding hydrogens is 351 g/mol. The maximum absolute atomic E-state index is 13.6. The molecule has 1 fully saturated rings. The van der Waals surface area contributed by atoms with E-state index in [1.54, 1.807) is 19.2 Å². The van der Waals surface area contributed by atoms with Crippen LogP contribution in [0.3, 0.4) is 0 Å². The first kappa shape index (κ1) is 17.4. The van der Waals surface area contributed by atoms with Crippen LogP contribution < -0.4 is 5.32 Å². The van der Waals surface area contributed by atoms with Gasteiger partial charge in [-0.2, -0.15) is 0 Å². The average molecular weight is 368 g/mol. The number of nitrogens with zero attached hydrogens (tertiary/aromatic N) is 1. The van der Waals surface area contributed by atoms with Gasteiger partial charge in [0, 0.05) is 30.2 Å². The highest BCUT2D eigenvalue weighted by Crippen LogP contribution is 2.18. The van der Waals surface area contributed by atoms with Crippen molar-refractivity contribution in [3.05, 3.63) is 34.1 Å². The predicted octanol–water partition coefficient (Wildman–Crippen LogP) is 1.69. The summed E-state index contributed by atoms with van der Waals surface area (Å²) in [6.45, 7) is 0.633. The number of β-amino-alcohol motifs (C(OH)–C–C–N with tert-alkyl or cyclic N) is 1. The van der Waals surface area contributed by atoms with Gasteiger partial charge in [-0.3, -0.25) is 4.79 Å². The summed E-state index contributed by atoms with van der Waals surface area (Å²) in [4.78, 5) is 13.6. The van der Waals surface area contributed by atoms with Gasteiger partial charge in [0.1, 0.15) is 5.82 Å². The van der Waals surface area contributed by atoms with E-state index in [1.807, 2.05) is 0 Å². The lowest BCUT2D eigenvalue weighted by Gasteiger charge is -2.21. The number of aliphatic hydroxyl groups excluding tert-OH is 1. The highest BCUT2D eigenvalue weighted by Gasteiger charge is 2.30. The lowest BCUT2D eigenvalue weighted by atomic mass is 10.1. The Balaban J connectivity index is 0.00000200. The third-order valence-corrected chi connectivity index (χ3v) is 3.69. The number of halogens is 3. The number of benzene rings is 1. The van der Waals surface area contributed by atoms with Crippen LogP contribution in [-0.4, -0.2) is 41.7 Å². The maximum atomic E-state index is 13.6. The van der Waals surface area contributed by atoms with Crippen LogP contribution in [0.1, 0.15) is 12.0 Å². The number of aliphatic hydroxyl groups is 1. The van der Waals surface area contributed by atoms with Crippen molar-refractivity contribution in [3.63, 3.8) is 0 Å². The summed E-state index contributed by atoms with van der Waals surface area (Å²) in [6, 6.07) is 4.27. The summed E-state index contributed by atoms with van der Waals surface area (Å²) in [7, 11) is 1.63. The van der Waals surface area contributed by atoms with Crippen molar-refractivity contribution < 1.29 is 14.3 Å². The summed E-state index contributed by atoms with van der Waals surface area (Å²) < 4.78 is 14.4. The minimum absolute atomic E-state index is 0. The number of amides is 1. The Hall–Kier alpha value is -0.690. The molecule has 112 valence electrons. The molecular formula is C13H17BrClFN2O2. The Morgan fingerprint density at radius 3 is 2.90 bits per heavy atom. The monoisotopic (exact) mass is 366 g/mol. The molecule has 2 unspecified atom stereocenters. The van der Waals surface area contributed by atoms with Crippen LogP contribution in [0.2, 0.25) is 0 Å². The number of likely N-dealkylation sites (N-methyl/N-ethyl adjacent to an activating group) is 1. The smallest absolute Gasteiger partial charge is 0.239 e. The van der Waals surface area contributed by atoms with Gasteiger partial charge in [0.2, 0.25) is 5.91 Å². The molecule has 1 aromatic rings. The van der Waals surface area contributed by atoms with Crippen molar-refractivity contribution in [1.82, 2.24) is 10.2 Å². The molecule has 1 amide bonds. The molecule has 0 aliphatic carbocycles. The quantitative estimate of drug-likeness (QED) is 0.855. The van der Waals surface area contributed by atoms with E-state index in [2.05, 4.69) is 21.2 Å². The first-order chi connectivity index (χ1) is 8.97. The lowest BCUT2D eigenvalue weighted by Crippen LogP contribution is -2.41. The zero-order valence-corrected chi connectivity index (χ0v) is 13.4. The van der Waals surface area contributed by atoms with Gasteiger partial charge in [0.15, 0.2) is 0 Å². The van der Waals surface area contributed by atoms with Crippen molar-refractivity contribution in [3.8, 4) is 0 Å². The Morgan fingerprint density at radius 1 is 1.60 bits per heavy atom. The van der Waals surface area contributed by atoms with E-state index in [-0.39, 0.29) is 36.7 Å². The first-order valence-corrected chi connectivity index (χ1v) is 6.87. The molecule has 0 saturated carbocycles. The van der Waals surface area contributed by atoms with Gasteiger partial charge in [-0.05, 0) is 24.6 Å². The Kier molecular flexibility index (Phi) is 6.39. The fraction of sp³-hybridized carbons (Fsp3) is 0.462. The fourth-order valence-electron chi connectivity index (χ4n) is 2.17. The third kappa shape index (κ3) is 4.15. The largest absolute Gasteiger partial charge is 0.392 e. The molecule has 2 atom stereocenters. The van der Waals surface area contributed by atoms with Gasteiger partial charge in [-0.25, -0.2) is 4.39 Å². The van der Waals surface area contributed by atoms with Crippen LogP contribution in [0.5, 0.6) is 0 Å². The van der Waals surface area contributed by atoms with E-state index >= 15 is 0 Å². The number of carbonyl (C=O) groups is 1. The van der Waals surface area contributed by atoms with E-state index in [0.717, 1.165) is 4.47 Å². The van der Waals surface area contributed by atoms with Crippen molar-refractivity contribution in [2.45, 2.75) is 25.1 Å². The van der Waals surface area contributed by atoms with Crippen LogP contribution in [-0.2, 0) is 11.3 Å². The lowest BCUT2D eigenvalue weighted by molar-refractivity contribution is -0.132. The summed E-state index contributed by atoms with van der Waals surface area (Å²) in [6.07, 6.45) is -0.0746. The maximum Gasteiger partial charge on any atom is 0.239 e. The molecule has 2 rings (SSSR count). The van der Waals surface area contributed by atoms with Crippen LogP contribution in [0.25, 0.3) is 0 Å². The molecule has 1 saturated heterocycles. The zero-order chi connectivity index (χ0) is 14.0. The van der Waals surface area contributed by atoms with E-state index in [4.69, 9.17) is 0 Å². The zero-order valence-electron chi connectivity index (χ0n) is 11.0. The number of hydrogen-bond donors (Lipinski definition) is 2. The van der Waals surface area contributed by atoms with Crippen molar-refractivity contribution in [1.29, 1.82) is 0 Å². The van der Waals surface area contributed by atoms with Crippen LogP contribution in [0.15, 0.2) is 22.7 Å². The Bertz CT molecular complexity index is 489. The van der Waals surface area contributed by atoms with Crippen molar-refractivity contribution in [2.75, 3.05) is 13.6 Å². The summed E-state index contributed by atoms with van der Waals surface area (Å²) in [5, 5.41) is 12.4. The topological polar surface area (TPSA) is 52.6 Å². The molecule has 1 aromatic carbocycles. The number of nitrogens with one attached hydrogen (secondary N) is 1. The van der Waals surface area contributed by atoms with Crippen LogP contribution >= 0.6 is 28.3 Å². The van der Waals surface area contributed by atoms with Gasteiger partial charge in [0.05, 0.1) is 12.1 Å².